The van der Waals surface area contributed by atoms with Gasteiger partial charge in [-0.1, -0.05) is 121 Å². The number of hydrogen-bond acceptors (Lipinski definition) is 10. The summed E-state index contributed by atoms with van der Waals surface area (Å²) in [6.07, 6.45) is 0. The van der Waals surface area contributed by atoms with Gasteiger partial charge in [-0.25, -0.2) is 9.80 Å². The Labute approximate surface area is 507 Å². The minimum atomic E-state index is -0.547. The molecule has 0 unspecified atom stereocenters. The summed E-state index contributed by atoms with van der Waals surface area (Å²) < 4.78 is 22.9. The zero-order valence-electron chi connectivity index (χ0n) is 47.7. The lowest BCUT2D eigenvalue weighted by Gasteiger charge is -2.32. The molecule has 0 aromatic heterocycles. The summed E-state index contributed by atoms with van der Waals surface area (Å²) >= 11 is 0. The first-order valence-electron chi connectivity index (χ1n) is 28.1. The van der Waals surface area contributed by atoms with Crippen LogP contribution in [-0.4, -0.2) is 35.2 Å². The summed E-state index contributed by atoms with van der Waals surface area (Å²) in [6, 6.07) is 88.1. The number of benzene rings is 12. The van der Waals surface area contributed by atoms with Gasteiger partial charge in [0.15, 0.2) is 11.6 Å². The number of carbonyl (C=O) groups is 6. The normalized spacial score (nSPS) is 11.9. The number of Topliss-reactive ketones (excluding diaryl/α,β-unsaturated/α-hetero) is 2. The monoisotopic (exact) mass is 1150 g/mol. The number of para-hydroxylation sites is 4. The summed E-state index contributed by atoms with van der Waals surface area (Å²) in [6.45, 7) is 3.10. The Morgan fingerprint density at radius 3 is 0.682 bits per heavy atom. The van der Waals surface area contributed by atoms with Crippen LogP contribution in [0.5, 0.6) is 46.0 Å². The smallest absolute Gasteiger partial charge is 0.265 e. The van der Waals surface area contributed by atoms with Crippen LogP contribution >= 0.6 is 0 Å². The molecule has 428 valence electrons. The summed E-state index contributed by atoms with van der Waals surface area (Å²) in [5.41, 5.74) is 3.06. The quantitative estimate of drug-likeness (QED) is 0.0856. The van der Waals surface area contributed by atoms with Crippen LogP contribution in [0.3, 0.4) is 0 Å². The van der Waals surface area contributed by atoms with Crippen molar-refractivity contribution in [3.8, 4) is 46.0 Å². The van der Waals surface area contributed by atoms with Gasteiger partial charge in [0.1, 0.15) is 46.0 Å². The molecule has 12 aromatic carbocycles. The van der Waals surface area contributed by atoms with Crippen molar-refractivity contribution in [3.05, 3.63) is 325 Å². The molecule has 12 nitrogen and oxygen atoms in total. The Balaban J connectivity index is 0.000000153. The fourth-order valence-electron chi connectivity index (χ4n) is 9.82. The second-order valence-electron chi connectivity index (χ2n) is 20.1. The fraction of sp³-hybridized carbons (Fsp3) is 0.0263. The molecule has 0 N–H and O–H groups in total. The summed E-state index contributed by atoms with van der Waals surface area (Å²) in [7, 11) is 0. The summed E-state index contributed by atoms with van der Waals surface area (Å²) in [4.78, 5) is 79.6. The van der Waals surface area contributed by atoms with E-state index < -0.39 is 23.6 Å². The lowest BCUT2D eigenvalue weighted by atomic mass is 9.85. The zero-order valence-corrected chi connectivity index (χ0v) is 47.7. The molecular formula is C76H54N2O10. The zero-order chi connectivity index (χ0) is 60.9. The number of nitrogens with zero attached hydrogens (tertiary/aromatic N) is 2. The number of fused-ring (bicyclic) bond motifs is 1. The number of ketones is 2. The third-order valence-electron chi connectivity index (χ3n) is 14.2. The molecule has 2 heterocycles. The number of ether oxygens (including phenoxy) is 4. The molecule has 0 spiro atoms. The Bertz CT molecular complexity index is 4100. The van der Waals surface area contributed by atoms with Crippen LogP contribution in [0.1, 0.15) is 76.0 Å². The molecule has 12 aromatic rings. The van der Waals surface area contributed by atoms with Crippen LogP contribution in [0, 0.1) is 0 Å². The molecule has 0 bridgehead atoms. The van der Waals surface area contributed by atoms with Crippen molar-refractivity contribution in [1.29, 1.82) is 0 Å². The molecule has 12 heteroatoms. The van der Waals surface area contributed by atoms with Gasteiger partial charge in [0.25, 0.3) is 23.6 Å². The molecule has 2 aliphatic heterocycles. The van der Waals surface area contributed by atoms with E-state index >= 15 is 0 Å². The SMILES string of the molecule is CC(=O)c1ccc(Oc2ccccc2)cc1.CC(=O)c1ccc(Oc2ccccc2)cc1.O=C1c2ccc3c4c(ccc(c24)C(=O)N1c1ccc(Oc2ccccc2)cc1)C(=O)N(c1ccc(Oc2ccccc2)cc1)C3=O.c1ccc2ccccc2c1. The largest absolute Gasteiger partial charge is 0.457 e. The van der Waals surface area contributed by atoms with Crippen LogP contribution in [0.4, 0.5) is 11.4 Å². The van der Waals surface area contributed by atoms with Gasteiger partial charge >= 0.3 is 0 Å². The highest BCUT2D eigenvalue weighted by atomic mass is 16.5. The molecule has 0 radical (unpaired) electrons. The third kappa shape index (κ3) is 13.3. The number of rotatable bonds is 12. The summed E-state index contributed by atoms with van der Waals surface area (Å²) in [5, 5.41) is 3.23. The predicted molar refractivity (Wildman–Crippen MR) is 342 cm³/mol. The van der Waals surface area contributed by atoms with Gasteiger partial charge in [0.2, 0.25) is 0 Å². The van der Waals surface area contributed by atoms with Gasteiger partial charge in [-0.05, 0) is 194 Å². The van der Waals surface area contributed by atoms with E-state index in [0.29, 0.717) is 56.3 Å². The first-order valence-corrected chi connectivity index (χ1v) is 28.1. The number of amides is 4. The number of anilines is 2. The Kier molecular flexibility index (Phi) is 17.5. The van der Waals surface area contributed by atoms with Crippen LogP contribution < -0.4 is 28.7 Å². The number of carbonyl (C=O) groups excluding carboxylic acids is 6. The molecule has 0 fully saturated rings. The van der Waals surface area contributed by atoms with Gasteiger partial charge in [-0.2, -0.15) is 0 Å². The van der Waals surface area contributed by atoms with E-state index in [1.165, 1.54) is 10.8 Å². The van der Waals surface area contributed by atoms with Crippen molar-refractivity contribution in [1.82, 2.24) is 0 Å². The van der Waals surface area contributed by atoms with Gasteiger partial charge in [0, 0.05) is 44.2 Å². The third-order valence-corrected chi connectivity index (χ3v) is 14.2. The average Bonchev–Trinajstić information content (AvgIpc) is 0.739. The molecule has 0 aliphatic carbocycles. The predicted octanol–water partition coefficient (Wildman–Crippen LogP) is 18.2. The molecule has 2 aliphatic rings. The number of imide groups is 2. The maximum Gasteiger partial charge on any atom is 0.265 e. The lowest BCUT2D eigenvalue weighted by Crippen LogP contribution is -2.43. The van der Waals surface area contributed by atoms with E-state index in [0.717, 1.165) is 32.8 Å². The first kappa shape index (κ1) is 57.8. The highest BCUT2D eigenvalue weighted by molar-refractivity contribution is 6.42. The average molecular weight is 1160 g/mol. The van der Waals surface area contributed by atoms with Crippen LogP contribution in [0.25, 0.3) is 21.5 Å². The maximum absolute atomic E-state index is 13.8. The molecule has 14 rings (SSSR count). The second-order valence-corrected chi connectivity index (χ2v) is 20.1. The molecule has 0 saturated heterocycles. The minimum Gasteiger partial charge on any atom is -0.457 e. The van der Waals surface area contributed by atoms with E-state index in [1.54, 1.807) is 135 Å². The van der Waals surface area contributed by atoms with Crippen molar-refractivity contribution < 1.29 is 47.7 Å². The van der Waals surface area contributed by atoms with E-state index in [9.17, 15) is 28.8 Å². The fourth-order valence-corrected chi connectivity index (χ4v) is 9.82. The molecule has 4 amide bonds. The Morgan fingerprint density at radius 2 is 0.455 bits per heavy atom. The van der Waals surface area contributed by atoms with Gasteiger partial charge in [-0.3, -0.25) is 28.8 Å². The van der Waals surface area contributed by atoms with Crippen molar-refractivity contribution in [2.24, 2.45) is 0 Å². The molecular weight excluding hydrogens is 1100 g/mol. The first-order chi connectivity index (χ1) is 42.9. The second kappa shape index (κ2) is 26.7. The summed E-state index contributed by atoms with van der Waals surface area (Å²) in [5.74, 6) is 3.39. The van der Waals surface area contributed by atoms with Crippen molar-refractivity contribution in [3.63, 3.8) is 0 Å². The van der Waals surface area contributed by atoms with Crippen molar-refractivity contribution >= 4 is 68.1 Å². The van der Waals surface area contributed by atoms with Crippen LogP contribution in [0.15, 0.2) is 291 Å². The van der Waals surface area contributed by atoms with E-state index in [1.807, 2.05) is 121 Å². The maximum atomic E-state index is 13.8. The van der Waals surface area contributed by atoms with E-state index in [2.05, 4.69) is 48.5 Å². The minimum absolute atomic E-state index is 0.0614. The highest BCUT2D eigenvalue weighted by Crippen LogP contribution is 2.41. The molecule has 0 atom stereocenters. The topological polar surface area (TPSA) is 146 Å². The Hall–Kier alpha value is -12.0. The van der Waals surface area contributed by atoms with Crippen molar-refractivity contribution in [2.45, 2.75) is 13.8 Å². The molecule has 88 heavy (non-hydrogen) atoms. The van der Waals surface area contributed by atoms with E-state index in [-0.39, 0.29) is 33.8 Å². The lowest BCUT2D eigenvalue weighted by molar-refractivity contribution is 0.0873. The van der Waals surface area contributed by atoms with Crippen LogP contribution in [-0.2, 0) is 0 Å². The Morgan fingerprint density at radius 1 is 0.250 bits per heavy atom. The molecule has 0 saturated carbocycles. The van der Waals surface area contributed by atoms with Gasteiger partial charge in [0.05, 0.1) is 11.4 Å². The van der Waals surface area contributed by atoms with Gasteiger partial charge < -0.3 is 18.9 Å². The van der Waals surface area contributed by atoms with Gasteiger partial charge in [-0.15, -0.1) is 0 Å². The van der Waals surface area contributed by atoms with Crippen molar-refractivity contribution in [2.75, 3.05) is 9.80 Å². The van der Waals surface area contributed by atoms with Crippen LogP contribution in [0.2, 0.25) is 0 Å². The highest BCUT2D eigenvalue weighted by Gasteiger charge is 2.40. The van der Waals surface area contributed by atoms with E-state index in [4.69, 9.17) is 18.9 Å². The standard InChI is InChI=1S/C38H22N2O6.2C14H12O2.C10H8/c41-35-29-19-21-31-34-32(38(44)40(37(31)43)24-13-17-28(18-14-24)46-26-9-5-2-6-10-26)22-20-30(33(29)34)36(42)39(35)23-11-15-27(16-12-23)45-25-7-3-1-4-8-25;2*1-11(15)12-7-9-14(10-8-12)16-13-5-3-2-4-6-13;1-2-6-10-8-4-3-7-9(10)5-1/h1-22H;2*2-10H,1H3;1-8H. The number of hydrogen-bond donors (Lipinski definition) is 0.